The van der Waals surface area contributed by atoms with Gasteiger partial charge in [0.25, 0.3) is 0 Å². The lowest BCUT2D eigenvalue weighted by atomic mass is 9.86. The summed E-state index contributed by atoms with van der Waals surface area (Å²) in [4.78, 5) is 33.6. The van der Waals surface area contributed by atoms with Gasteiger partial charge in [0, 0.05) is 11.3 Å². The number of terminal acetylenes is 1. The molecule has 0 aromatic heterocycles. The Balaban J connectivity index is 0.00000124. The van der Waals surface area contributed by atoms with Crippen LogP contribution >= 0.6 is 0 Å². The number of ether oxygens (including phenoxy) is 1. The lowest BCUT2D eigenvalue weighted by Crippen LogP contribution is -2.19. The highest BCUT2D eigenvalue weighted by Crippen LogP contribution is 2.28. The molecule has 1 aliphatic rings. The third-order valence-electron chi connectivity index (χ3n) is 5.06. The first kappa shape index (κ1) is 30.3. The zero-order chi connectivity index (χ0) is 26.7. The average molecular weight is 463 g/mol. The van der Waals surface area contributed by atoms with Crippen molar-refractivity contribution in [3.8, 4) is 95.2 Å². The second-order valence-electron chi connectivity index (χ2n) is 7.98. The summed E-state index contributed by atoms with van der Waals surface area (Å²) in [6, 6.07) is 0. The van der Waals surface area contributed by atoms with Crippen LogP contribution in [0.5, 0.6) is 0 Å². The lowest BCUT2D eigenvalue weighted by molar-refractivity contribution is -0.153. The second kappa shape index (κ2) is 16.9. The molecule has 35 heavy (non-hydrogen) atoms. The standard InChI is InChI=1S/C24H12O3.C7H14O/c1-4-5-6-7-8-9-10-11-12-13-14-15-16-17-18-20(2)19-22-21(3)23(25)27-24(22)26;1-5-7(3,4)6(2)8/h1,20-22H,19H2,2-3H3;5H2,1-4H3. The minimum absolute atomic E-state index is 0.0972. The Labute approximate surface area is 209 Å². The number of carbonyl (C=O) groups is 3. The molecule has 0 bridgehead atoms. The molecule has 0 aromatic carbocycles. The van der Waals surface area contributed by atoms with Crippen molar-refractivity contribution in [1.82, 2.24) is 0 Å². The van der Waals surface area contributed by atoms with E-state index in [2.05, 4.69) is 93.5 Å². The van der Waals surface area contributed by atoms with Crippen LogP contribution in [0.25, 0.3) is 0 Å². The Bertz CT molecular complexity index is 1300. The molecule has 0 radical (unpaired) electrons. The van der Waals surface area contributed by atoms with E-state index in [-0.39, 0.29) is 17.1 Å². The van der Waals surface area contributed by atoms with Crippen molar-refractivity contribution in [2.24, 2.45) is 23.2 Å². The molecule has 0 aromatic rings. The number of Topliss-reactive ketones (excluding diaryl/α,β-unsaturated/α-hetero) is 1. The summed E-state index contributed by atoms with van der Waals surface area (Å²) >= 11 is 0. The average Bonchev–Trinajstić information content (AvgIpc) is 3.05. The minimum atomic E-state index is -0.480. The summed E-state index contributed by atoms with van der Waals surface area (Å²) in [7, 11) is 0. The van der Waals surface area contributed by atoms with Crippen LogP contribution in [0.15, 0.2) is 0 Å². The van der Waals surface area contributed by atoms with Crippen molar-refractivity contribution in [2.45, 2.75) is 54.4 Å². The highest BCUT2D eigenvalue weighted by Gasteiger charge is 2.41. The minimum Gasteiger partial charge on any atom is -0.393 e. The second-order valence-corrected chi connectivity index (χ2v) is 7.98. The van der Waals surface area contributed by atoms with Gasteiger partial charge in [-0.3, -0.25) is 14.4 Å². The number of hydrogen-bond donors (Lipinski definition) is 0. The predicted octanol–water partition coefficient (Wildman–Crippen LogP) is 3.02. The monoisotopic (exact) mass is 462 g/mol. The molecule has 3 atom stereocenters. The van der Waals surface area contributed by atoms with Gasteiger partial charge in [-0.25, -0.2) is 0 Å². The number of esters is 2. The van der Waals surface area contributed by atoms with E-state index in [0.29, 0.717) is 6.42 Å². The zero-order valence-electron chi connectivity index (χ0n) is 20.9. The molecule has 4 nitrogen and oxygen atoms in total. The fourth-order valence-corrected chi connectivity index (χ4v) is 2.16. The van der Waals surface area contributed by atoms with Crippen LogP contribution in [0.1, 0.15) is 54.4 Å². The number of ketones is 1. The molecule has 0 aliphatic carbocycles. The van der Waals surface area contributed by atoms with E-state index in [9.17, 15) is 14.4 Å². The Hall–Kier alpha value is -4.71. The summed E-state index contributed by atoms with van der Waals surface area (Å²) in [6.45, 7) is 11.1. The molecule has 1 fully saturated rings. The van der Waals surface area contributed by atoms with Crippen molar-refractivity contribution < 1.29 is 19.1 Å². The lowest BCUT2D eigenvalue weighted by Gasteiger charge is -2.17. The topological polar surface area (TPSA) is 60.4 Å². The van der Waals surface area contributed by atoms with Gasteiger partial charge in [0.05, 0.1) is 11.8 Å². The van der Waals surface area contributed by atoms with E-state index < -0.39 is 23.8 Å². The molecule has 0 spiro atoms. The number of rotatable bonds is 4. The van der Waals surface area contributed by atoms with Crippen molar-refractivity contribution in [1.29, 1.82) is 0 Å². The molecular weight excluding hydrogens is 436 g/mol. The van der Waals surface area contributed by atoms with Crippen molar-refractivity contribution in [3.63, 3.8) is 0 Å². The summed E-state index contributed by atoms with van der Waals surface area (Å²) in [5.41, 5.74) is -0.0972. The summed E-state index contributed by atoms with van der Waals surface area (Å²) in [6.07, 6.45) is 6.30. The van der Waals surface area contributed by atoms with Gasteiger partial charge in [0.15, 0.2) is 0 Å². The molecule has 1 rings (SSSR count). The van der Waals surface area contributed by atoms with E-state index in [4.69, 9.17) is 6.42 Å². The SMILES string of the molecule is C#CC#CC#CC#CC#CC#CC#CC#CC(C)CC1C(=O)OC(=O)C1C.CCC(C)(C)C(C)=O. The molecular formula is C31H26O4. The quantitative estimate of drug-likeness (QED) is 0.366. The maximum atomic E-state index is 11.6. The van der Waals surface area contributed by atoms with Gasteiger partial charge < -0.3 is 4.74 Å². The maximum Gasteiger partial charge on any atom is 0.317 e. The fraction of sp³-hybridized carbons (Fsp3) is 0.387. The molecule has 0 N–H and O–H groups in total. The largest absolute Gasteiger partial charge is 0.393 e. The number of hydrogen-bond acceptors (Lipinski definition) is 4. The first-order valence-corrected chi connectivity index (χ1v) is 10.8. The van der Waals surface area contributed by atoms with Crippen molar-refractivity contribution in [2.75, 3.05) is 0 Å². The Kier molecular flexibility index (Phi) is 14.6. The van der Waals surface area contributed by atoms with E-state index in [0.717, 1.165) is 6.42 Å². The first-order chi connectivity index (χ1) is 16.6. The Morgan fingerprint density at radius 3 is 1.63 bits per heavy atom. The van der Waals surface area contributed by atoms with E-state index in [1.54, 1.807) is 13.8 Å². The normalized spacial score (nSPS) is 15.2. The zero-order valence-corrected chi connectivity index (χ0v) is 20.9. The van der Waals surface area contributed by atoms with Gasteiger partial charge in [-0.2, -0.15) is 0 Å². The van der Waals surface area contributed by atoms with Crippen LogP contribution in [0, 0.1) is 118 Å². The van der Waals surface area contributed by atoms with Crippen molar-refractivity contribution >= 4 is 17.7 Å². The predicted molar refractivity (Wildman–Crippen MR) is 136 cm³/mol. The molecule has 4 heteroatoms. The smallest absolute Gasteiger partial charge is 0.317 e. The molecule has 1 aliphatic heterocycles. The molecule has 3 unspecified atom stereocenters. The molecule has 0 amide bonds. The van der Waals surface area contributed by atoms with Gasteiger partial charge in [-0.05, 0) is 103 Å². The van der Waals surface area contributed by atoms with Crippen LogP contribution in [-0.2, 0) is 19.1 Å². The third kappa shape index (κ3) is 13.4. The van der Waals surface area contributed by atoms with Gasteiger partial charge >= 0.3 is 11.9 Å². The van der Waals surface area contributed by atoms with Crippen LogP contribution in [-0.4, -0.2) is 17.7 Å². The number of carbonyl (C=O) groups excluding carboxylic acids is 3. The highest BCUT2D eigenvalue weighted by molar-refractivity contribution is 5.96. The van der Waals surface area contributed by atoms with Gasteiger partial charge in [-0.15, -0.1) is 6.42 Å². The molecule has 1 heterocycles. The fourth-order valence-electron chi connectivity index (χ4n) is 2.16. The highest BCUT2D eigenvalue weighted by atomic mass is 16.6. The van der Waals surface area contributed by atoms with Gasteiger partial charge in [0.2, 0.25) is 0 Å². The molecule has 0 saturated carbocycles. The Morgan fingerprint density at radius 1 is 0.886 bits per heavy atom. The van der Waals surface area contributed by atoms with E-state index >= 15 is 0 Å². The van der Waals surface area contributed by atoms with Crippen molar-refractivity contribution in [3.05, 3.63) is 0 Å². The number of cyclic esters (lactones) is 2. The third-order valence-corrected chi connectivity index (χ3v) is 5.06. The van der Waals surface area contributed by atoms with Gasteiger partial charge in [0.1, 0.15) is 5.78 Å². The van der Waals surface area contributed by atoms with Gasteiger partial charge in [-0.1, -0.05) is 40.5 Å². The van der Waals surface area contributed by atoms with Crippen LogP contribution in [0.3, 0.4) is 0 Å². The Morgan fingerprint density at radius 2 is 1.31 bits per heavy atom. The summed E-state index contributed by atoms with van der Waals surface area (Å²) in [5, 5.41) is 0. The van der Waals surface area contributed by atoms with Crippen LogP contribution < -0.4 is 0 Å². The van der Waals surface area contributed by atoms with E-state index in [1.807, 2.05) is 27.7 Å². The first-order valence-electron chi connectivity index (χ1n) is 10.8. The molecule has 1 saturated heterocycles. The summed E-state index contributed by atoms with van der Waals surface area (Å²) < 4.78 is 4.60. The van der Waals surface area contributed by atoms with E-state index in [1.165, 1.54) is 0 Å². The summed E-state index contributed by atoms with van der Waals surface area (Å²) in [5.74, 6) is 35.7. The van der Waals surface area contributed by atoms with Crippen LogP contribution in [0.4, 0.5) is 0 Å². The van der Waals surface area contributed by atoms with Crippen LogP contribution in [0.2, 0.25) is 0 Å². The maximum absolute atomic E-state index is 11.6. The molecule has 174 valence electrons.